The fourth-order valence-electron chi connectivity index (χ4n) is 3.66. The van der Waals surface area contributed by atoms with Gasteiger partial charge in [0.15, 0.2) is 0 Å². The van der Waals surface area contributed by atoms with Crippen molar-refractivity contribution in [2.45, 2.75) is 58.5 Å². The summed E-state index contributed by atoms with van der Waals surface area (Å²) in [6, 6.07) is 11.5. The SMILES string of the molecule is Cc1ccccc1C1=NO[C@H](CN(Cc2ccc(F)cc2F)C[C@H](O)COC(C)(C)C)C1. The molecule has 2 atom stereocenters. The van der Waals surface area contributed by atoms with Gasteiger partial charge >= 0.3 is 0 Å². The van der Waals surface area contributed by atoms with E-state index in [0.717, 1.165) is 22.9 Å². The van der Waals surface area contributed by atoms with Crippen LogP contribution in [-0.4, -0.2) is 53.2 Å². The summed E-state index contributed by atoms with van der Waals surface area (Å²) in [5, 5.41) is 14.8. The second-order valence-corrected chi connectivity index (χ2v) is 9.29. The van der Waals surface area contributed by atoms with Gasteiger partial charge in [0.1, 0.15) is 17.7 Å². The molecule has 32 heavy (non-hydrogen) atoms. The standard InChI is InChI=1S/C25H32F2N2O3/c1-17-7-5-6-8-22(17)24-12-21(32-28-24)15-29(14-20(30)16-31-25(2,3)4)13-18-9-10-19(26)11-23(18)27/h5-11,20-21,30H,12-16H2,1-4H3/t20-,21-/m0/s1. The molecular formula is C25H32F2N2O3. The largest absolute Gasteiger partial charge is 0.390 e. The van der Waals surface area contributed by atoms with Crippen LogP contribution in [-0.2, 0) is 16.1 Å². The summed E-state index contributed by atoms with van der Waals surface area (Å²) in [4.78, 5) is 7.56. The summed E-state index contributed by atoms with van der Waals surface area (Å²) in [6.45, 7) is 8.84. The van der Waals surface area contributed by atoms with Crippen LogP contribution in [0.1, 0.15) is 43.9 Å². The number of aryl methyl sites for hydroxylation is 1. The Morgan fingerprint density at radius 3 is 2.66 bits per heavy atom. The number of rotatable bonds is 9. The van der Waals surface area contributed by atoms with E-state index in [4.69, 9.17) is 9.57 Å². The Labute approximate surface area is 188 Å². The van der Waals surface area contributed by atoms with Crippen LogP contribution in [0.25, 0.3) is 0 Å². The third-order valence-electron chi connectivity index (χ3n) is 5.24. The van der Waals surface area contributed by atoms with Crippen LogP contribution in [0.3, 0.4) is 0 Å². The van der Waals surface area contributed by atoms with Gasteiger partial charge in [0, 0.05) is 43.2 Å². The molecule has 0 amide bonds. The maximum Gasteiger partial charge on any atom is 0.145 e. The van der Waals surface area contributed by atoms with Crippen LogP contribution in [0.2, 0.25) is 0 Å². The highest BCUT2D eigenvalue weighted by Crippen LogP contribution is 2.21. The van der Waals surface area contributed by atoms with Crippen molar-refractivity contribution in [1.29, 1.82) is 0 Å². The Morgan fingerprint density at radius 1 is 1.22 bits per heavy atom. The zero-order valence-corrected chi connectivity index (χ0v) is 19.1. The lowest BCUT2D eigenvalue weighted by Gasteiger charge is -2.28. The van der Waals surface area contributed by atoms with Gasteiger partial charge in [-0.15, -0.1) is 0 Å². The number of oxime groups is 1. The molecular weight excluding hydrogens is 414 g/mol. The highest BCUT2D eigenvalue weighted by molar-refractivity contribution is 6.02. The Balaban J connectivity index is 1.67. The molecule has 2 aromatic carbocycles. The Kier molecular flexibility index (Phi) is 7.98. The zero-order valence-electron chi connectivity index (χ0n) is 19.1. The first kappa shape index (κ1) is 24.3. The summed E-state index contributed by atoms with van der Waals surface area (Å²) < 4.78 is 33.3. The molecule has 1 aliphatic heterocycles. The quantitative estimate of drug-likeness (QED) is 0.619. The summed E-state index contributed by atoms with van der Waals surface area (Å²) in [6.07, 6.45) is -0.387. The molecule has 0 radical (unpaired) electrons. The van der Waals surface area contributed by atoms with Crippen LogP contribution < -0.4 is 0 Å². The normalized spacial score (nSPS) is 17.4. The molecule has 3 rings (SSSR count). The average molecular weight is 447 g/mol. The maximum atomic E-state index is 14.3. The molecule has 1 N–H and O–H groups in total. The maximum absolute atomic E-state index is 14.3. The molecule has 0 saturated heterocycles. The molecule has 2 aromatic rings. The molecule has 1 heterocycles. The van der Waals surface area contributed by atoms with Gasteiger partial charge in [0.2, 0.25) is 0 Å². The monoisotopic (exact) mass is 446 g/mol. The van der Waals surface area contributed by atoms with Gasteiger partial charge in [0.25, 0.3) is 0 Å². The van der Waals surface area contributed by atoms with Gasteiger partial charge in [-0.05, 0) is 39.3 Å². The van der Waals surface area contributed by atoms with Crippen molar-refractivity contribution >= 4 is 5.71 Å². The van der Waals surface area contributed by atoms with Crippen LogP contribution >= 0.6 is 0 Å². The molecule has 174 valence electrons. The van der Waals surface area contributed by atoms with E-state index in [1.165, 1.54) is 12.1 Å². The lowest BCUT2D eigenvalue weighted by atomic mass is 10.00. The first-order valence-electron chi connectivity index (χ1n) is 10.9. The molecule has 0 aliphatic carbocycles. The number of aliphatic hydroxyl groups excluding tert-OH is 1. The highest BCUT2D eigenvalue weighted by atomic mass is 19.1. The third kappa shape index (κ3) is 7.08. The Bertz CT molecular complexity index is 943. The highest BCUT2D eigenvalue weighted by Gasteiger charge is 2.27. The van der Waals surface area contributed by atoms with E-state index in [9.17, 15) is 13.9 Å². The van der Waals surface area contributed by atoms with E-state index in [1.807, 2.05) is 56.9 Å². The van der Waals surface area contributed by atoms with Gasteiger partial charge < -0.3 is 14.7 Å². The van der Waals surface area contributed by atoms with Crippen molar-refractivity contribution in [1.82, 2.24) is 4.90 Å². The van der Waals surface area contributed by atoms with Crippen LogP contribution in [0, 0.1) is 18.6 Å². The minimum absolute atomic E-state index is 0.155. The van der Waals surface area contributed by atoms with E-state index in [2.05, 4.69) is 5.16 Å². The summed E-state index contributed by atoms with van der Waals surface area (Å²) >= 11 is 0. The smallest absolute Gasteiger partial charge is 0.145 e. The second-order valence-electron chi connectivity index (χ2n) is 9.29. The molecule has 0 aromatic heterocycles. The minimum Gasteiger partial charge on any atom is -0.390 e. The third-order valence-corrected chi connectivity index (χ3v) is 5.24. The van der Waals surface area contributed by atoms with Crippen molar-refractivity contribution in [3.63, 3.8) is 0 Å². The van der Waals surface area contributed by atoms with Gasteiger partial charge in [0.05, 0.1) is 24.0 Å². The number of hydrogen-bond acceptors (Lipinski definition) is 5. The minimum atomic E-state index is -0.768. The van der Waals surface area contributed by atoms with Gasteiger partial charge in [-0.25, -0.2) is 8.78 Å². The van der Waals surface area contributed by atoms with E-state index in [-0.39, 0.29) is 31.4 Å². The lowest BCUT2D eigenvalue weighted by molar-refractivity contribution is -0.0601. The van der Waals surface area contributed by atoms with Crippen molar-refractivity contribution < 1.29 is 23.5 Å². The first-order valence-corrected chi connectivity index (χ1v) is 10.9. The van der Waals surface area contributed by atoms with E-state index in [1.54, 1.807) is 0 Å². The number of aliphatic hydroxyl groups is 1. The molecule has 0 fully saturated rings. The van der Waals surface area contributed by atoms with Crippen molar-refractivity contribution in [3.8, 4) is 0 Å². The first-order chi connectivity index (χ1) is 15.1. The predicted molar refractivity (Wildman–Crippen MR) is 121 cm³/mol. The zero-order chi connectivity index (χ0) is 23.3. The van der Waals surface area contributed by atoms with Crippen LogP contribution in [0.5, 0.6) is 0 Å². The van der Waals surface area contributed by atoms with Crippen LogP contribution in [0.15, 0.2) is 47.6 Å². The Hall–Kier alpha value is -2.35. The summed E-state index contributed by atoms with van der Waals surface area (Å²) in [7, 11) is 0. The second kappa shape index (κ2) is 10.5. The number of ether oxygens (including phenoxy) is 1. The topological polar surface area (TPSA) is 54.3 Å². The molecule has 0 spiro atoms. The van der Waals surface area contributed by atoms with Crippen molar-refractivity contribution in [2.75, 3.05) is 19.7 Å². The summed E-state index contributed by atoms with van der Waals surface area (Å²) in [5.74, 6) is -1.23. The number of halogens is 2. The Morgan fingerprint density at radius 2 is 1.97 bits per heavy atom. The fraction of sp³-hybridized carbons (Fsp3) is 0.480. The van der Waals surface area contributed by atoms with Crippen LogP contribution in [0.4, 0.5) is 8.78 Å². The lowest BCUT2D eigenvalue weighted by Crippen LogP contribution is -2.40. The number of benzene rings is 2. The molecule has 0 bridgehead atoms. The fourth-order valence-corrected chi connectivity index (χ4v) is 3.66. The number of hydrogen-bond donors (Lipinski definition) is 1. The molecule has 0 saturated carbocycles. The van der Waals surface area contributed by atoms with E-state index in [0.29, 0.717) is 18.5 Å². The van der Waals surface area contributed by atoms with Gasteiger partial charge in [-0.1, -0.05) is 35.5 Å². The predicted octanol–water partition coefficient (Wildman–Crippen LogP) is 4.44. The van der Waals surface area contributed by atoms with Crippen molar-refractivity contribution in [3.05, 3.63) is 70.8 Å². The van der Waals surface area contributed by atoms with E-state index >= 15 is 0 Å². The van der Waals surface area contributed by atoms with Gasteiger partial charge in [-0.2, -0.15) is 0 Å². The molecule has 1 aliphatic rings. The molecule has 5 nitrogen and oxygen atoms in total. The van der Waals surface area contributed by atoms with Crippen molar-refractivity contribution in [2.24, 2.45) is 5.16 Å². The van der Waals surface area contributed by atoms with Gasteiger partial charge in [-0.3, -0.25) is 4.90 Å². The van der Waals surface area contributed by atoms with E-state index < -0.39 is 17.7 Å². The molecule has 0 unspecified atom stereocenters. The average Bonchev–Trinajstić information content (AvgIpc) is 3.16. The summed E-state index contributed by atoms with van der Waals surface area (Å²) in [5.41, 5.74) is 3.02. The molecule has 7 heteroatoms. The number of nitrogens with zero attached hydrogens (tertiary/aromatic N) is 2.